The second-order valence-corrected chi connectivity index (χ2v) is 6.59. The summed E-state index contributed by atoms with van der Waals surface area (Å²) in [6.45, 7) is 5.44. The number of aromatic nitrogens is 5. The summed E-state index contributed by atoms with van der Waals surface area (Å²) in [4.78, 5) is 19.2. The maximum atomic E-state index is 13.9. The lowest BCUT2D eigenvalue weighted by Gasteiger charge is -2.26. The Bertz CT molecular complexity index is 696. The molecule has 1 aliphatic rings. The van der Waals surface area contributed by atoms with Gasteiger partial charge in [0.2, 0.25) is 5.89 Å². The number of rotatable bonds is 3. The van der Waals surface area contributed by atoms with Crippen molar-refractivity contribution in [3.8, 4) is 0 Å². The summed E-state index contributed by atoms with van der Waals surface area (Å²) in [5.41, 5.74) is -0.665. The van der Waals surface area contributed by atoms with Crippen LogP contribution >= 0.6 is 0 Å². The molecule has 1 aliphatic heterocycles. The molecule has 0 saturated carbocycles. The highest BCUT2D eigenvalue weighted by Crippen LogP contribution is 2.33. The van der Waals surface area contributed by atoms with Crippen LogP contribution in [0.1, 0.15) is 44.9 Å². The van der Waals surface area contributed by atoms with Gasteiger partial charge in [-0.3, -0.25) is 4.90 Å². The number of hydrogen-bond donors (Lipinski definition) is 0. The van der Waals surface area contributed by atoms with Crippen molar-refractivity contribution in [2.45, 2.75) is 51.6 Å². The molecule has 0 unspecified atom stereocenters. The lowest BCUT2D eigenvalue weighted by Crippen LogP contribution is -2.37. The predicted octanol–water partition coefficient (Wildman–Crippen LogP) is 1.73. The Labute approximate surface area is 137 Å². The van der Waals surface area contributed by atoms with Gasteiger partial charge in [-0.05, 0) is 20.8 Å². The number of amides is 1. The highest BCUT2D eigenvalue weighted by atomic mass is 19.1. The lowest BCUT2D eigenvalue weighted by atomic mass is 10.2. The van der Waals surface area contributed by atoms with Crippen molar-refractivity contribution in [1.29, 1.82) is 0 Å². The number of likely N-dealkylation sites (tertiary alicyclic amines) is 1. The molecule has 24 heavy (non-hydrogen) atoms. The summed E-state index contributed by atoms with van der Waals surface area (Å²) in [5.74, 6) is 0.538. The van der Waals surface area contributed by atoms with Crippen LogP contribution in [0.5, 0.6) is 0 Å². The monoisotopic (exact) mass is 338 g/mol. The van der Waals surface area contributed by atoms with E-state index in [-0.39, 0.29) is 25.4 Å². The standard InChI is InChI=1S/C14H19FN6O3/c1-14(2,3)23-13(22)20-7-9(15)6-10(20)12-18-11(19-24-12)8-21-16-4-5-17-21/h4-5,9-10H,6-8H2,1-3H3/t9-,10+/m1/s1. The Hall–Kier alpha value is -2.52. The van der Waals surface area contributed by atoms with Gasteiger partial charge in [0.15, 0.2) is 5.82 Å². The number of ether oxygens (including phenoxy) is 1. The van der Waals surface area contributed by atoms with Gasteiger partial charge in [0.05, 0.1) is 18.9 Å². The molecule has 1 fully saturated rings. The minimum atomic E-state index is -1.16. The third-order valence-corrected chi connectivity index (χ3v) is 3.40. The van der Waals surface area contributed by atoms with Gasteiger partial charge in [0, 0.05) is 6.42 Å². The first-order valence-corrected chi connectivity index (χ1v) is 7.62. The van der Waals surface area contributed by atoms with Gasteiger partial charge in [-0.1, -0.05) is 5.16 Å². The quantitative estimate of drug-likeness (QED) is 0.840. The predicted molar refractivity (Wildman–Crippen MR) is 78.6 cm³/mol. The van der Waals surface area contributed by atoms with Crippen molar-refractivity contribution >= 4 is 6.09 Å². The van der Waals surface area contributed by atoms with Crippen molar-refractivity contribution < 1.29 is 18.4 Å². The smallest absolute Gasteiger partial charge is 0.411 e. The van der Waals surface area contributed by atoms with Gasteiger partial charge in [-0.2, -0.15) is 20.0 Å². The van der Waals surface area contributed by atoms with E-state index >= 15 is 0 Å². The molecular weight excluding hydrogens is 319 g/mol. The van der Waals surface area contributed by atoms with Crippen LogP contribution in [-0.4, -0.2) is 54.4 Å². The summed E-state index contributed by atoms with van der Waals surface area (Å²) in [6.07, 6.45) is 1.42. The van der Waals surface area contributed by atoms with E-state index < -0.39 is 23.9 Å². The lowest BCUT2D eigenvalue weighted by molar-refractivity contribution is 0.0192. The van der Waals surface area contributed by atoms with Crippen LogP contribution in [0.4, 0.5) is 9.18 Å². The van der Waals surface area contributed by atoms with Crippen molar-refractivity contribution in [2.75, 3.05) is 6.54 Å². The molecule has 0 aliphatic carbocycles. The maximum Gasteiger partial charge on any atom is 0.411 e. The van der Waals surface area contributed by atoms with E-state index in [1.165, 1.54) is 22.1 Å². The van der Waals surface area contributed by atoms with Gasteiger partial charge in [0.25, 0.3) is 0 Å². The SMILES string of the molecule is CC(C)(C)OC(=O)N1C[C@H](F)C[C@H]1c1nc(Cn2nccn2)no1. The van der Waals surface area contributed by atoms with E-state index in [4.69, 9.17) is 9.26 Å². The van der Waals surface area contributed by atoms with Gasteiger partial charge >= 0.3 is 6.09 Å². The second kappa shape index (κ2) is 6.17. The fourth-order valence-electron chi connectivity index (χ4n) is 2.46. The van der Waals surface area contributed by atoms with Crippen LogP contribution < -0.4 is 0 Å². The molecular formula is C14H19FN6O3. The molecule has 130 valence electrons. The number of halogens is 1. The molecule has 0 spiro atoms. The topological polar surface area (TPSA) is 99.2 Å². The summed E-state index contributed by atoms with van der Waals surface area (Å²) < 4.78 is 24.4. The van der Waals surface area contributed by atoms with Gasteiger partial charge < -0.3 is 9.26 Å². The van der Waals surface area contributed by atoms with Gasteiger partial charge in [0.1, 0.15) is 24.4 Å². The Balaban J connectivity index is 1.74. The third kappa shape index (κ3) is 3.69. The first kappa shape index (κ1) is 16.3. The molecule has 2 aromatic heterocycles. The minimum Gasteiger partial charge on any atom is -0.444 e. The molecule has 0 N–H and O–H groups in total. The average molecular weight is 338 g/mol. The molecule has 9 nitrogen and oxygen atoms in total. The van der Waals surface area contributed by atoms with Gasteiger partial charge in [-0.15, -0.1) is 0 Å². The van der Waals surface area contributed by atoms with E-state index in [2.05, 4.69) is 20.3 Å². The first-order chi connectivity index (χ1) is 11.3. The fourth-order valence-corrected chi connectivity index (χ4v) is 2.46. The number of hydrogen-bond acceptors (Lipinski definition) is 7. The normalized spacial score (nSPS) is 21.2. The van der Waals surface area contributed by atoms with Crippen molar-refractivity contribution in [3.05, 3.63) is 24.1 Å². The first-order valence-electron chi connectivity index (χ1n) is 7.62. The maximum absolute atomic E-state index is 13.9. The van der Waals surface area contributed by atoms with E-state index in [9.17, 15) is 9.18 Å². The molecule has 1 saturated heterocycles. The molecule has 2 atom stereocenters. The average Bonchev–Trinajstić information content (AvgIpc) is 3.17. The Morgan fingerprint density at radius 1 is 1.42 bits per heavy atom. The van der Waals surface area contributed by atoms with E-state index in [1.54, 1.807) is 20.8 Å². The van der Waals surface area contributed by atoms with Crippen molar-refractivity contribution in [1.82, 2.24) is 30.0 Å². The molecule has 10 heteroatoms. The van der Waals surface area contributed by atoms with E-state index in [1.807, 2.05) is 0 Å². The van der Waals surface area contributed by atoms with E-state index in [0.29, 0.717) is 5.82 Å². The van der Waals surface area contributed by atoms with Crippen molar-refractivity contribution in [2.24, 2.45) is 0 Å². The number of carbonyl (C=O) groups excluding carboxylic acids is 1. The van der Waals surface area contributed by atoms with Crippen LogP contribution in [0.2, 0.25) is 0 Å². The number of carbonyl (C=O) groups is 1. The van der Waals surface area contributed by atoms with Crippen LogP contribution in [0.25, 0.3) is 0 Å². The number of nitrogens with zero attached hydrogens (tertiary/aromatic N) is 6. The van der Waals surface area contributed by atoms with E-state index in [0.717, 1.165) is 0 Å². The third-order valence-electron chi connectivity index (χ3n) is 3.40. The van der Waals surface area contributed by atoms with Gasteiger partial charge in [-0.25, -0.2) is 9.18 Å². The summed E-state index contributed by atoms with van der Waals surface area (Å²) in [7, 11) is 0. The highest BCUT2D eigenvalue weighted by molar-refractivity contribution is 5.69. The minimum absolute atomic E-state index is 0.0575. The molecule has 0 aromatic carbocycles. The molecule has 0 bridgehead atoms. The van der Waals surface area contributed by atoms with Crippen LogP contribution in [0.3, 0.4) is 0 Å². The zero-order valence-corrected chi connectivity index (χ0v) is 13.7. The van der Waals surface area contributed by atoms with Crippen LogP contribution in [0.15, 0.2) is 16.9 Å². The molecule has 3 heterocycles. The molecule has 1 amide bonds. The van der Waals surface area contributed by atoms with Crippen LogP contribution in [-0.2, 0) is 11.3 Å². The molecule has 0 radical (unpaired) electrons. The summed E-state index contributed by atoms with van der Waals surface area (Å²) >= 11 is 0. The van der Waals surface area contributed by atoms with Crippen molar-refractivity contribution in [3.63, 3.8) is 0 Å². The zero-order chi connectivity index (χ0) is 17.3. The Kier molecular flexibility index (Phi) is 4.20. The largest absolute Gasteiger partial charge is 0.444 e. The Morgan fingerprint density at radius 2 is 2.12 bits per heavy atom. The highest BCUT2D eigenvalue weighted by Gasteiger charge is 2.41. The summed E-state index contributed by atoms with van der Waals surface area (Å²) in [6, 6.07) is -0.637. The molecule has 3 rings (SSSR count). The summed E-state index contributed by atoms with van der Waals surface area (Å²) in [5, 5.41) is 11.7. The fraction of sp³-hybridized carbons (Fsp3) is 0.643. The zero-order valence-electron chi connectivity index (χ0n) is 13.7. The number of alkyl halides is 1. The second-order valence-electron chi connectivity index (χ2n) is 6.59. The Morgan fingerprint density at radius 3 is 2.79 bits per heavy atom. The van der Waals surface area contributed by atoms with Crippen LogP contribution in [0, 0.1) is 0 Å². The molecule has 2 aromatic rings.